The van der Waals surface area contributed by atoms with Crippen LogP contribution in [0.1, 0.15) is 20.8 Å². The molecule has 0 aromatic heterocycles. The van der Waals surface area contributed by atoms with Crippen molar-refractivity contribution in [2.45, 2.75) is 33.9 Å². The molecule has 3 heteroatoms. The summed E-state index contributed by atoms with van der Waals surface area (Å²) >= 11 is 0. The summed E-state index contributed by atoms with van der Waals surface area (Å²) in [5.74, 6) is 0.714. The lowest BCUT2D eigenvalue weighted by molar-refractivity contribution is 0.112. The highest BCUT2D eigenvalue weighted by Gasteiger charge is 2.05. The van der Waals surface area contributed by atoms with Crippen molar-refractivity contribution in [3.8, 4) is 0 Å². The molecule has 0 spiro atoms. The van der Waals surface area contributed by atoms with Gasteiger partial charge in [-0.1, -0.05) is 0 Å². The van der Waals surface area contributed by atoms with Crippen LogP contribution < -0.4 is 0 Å². The second kappa shape index (κ2) is 5.24. The van der Waals surface area contributed by atoms with Crippen LogP contribution in [0.4, 0.5) is 0 Å². The monoisotopic (exact) mass is 173 g/mol. The second-order valence-corrected chi connectivity index (χ2v) is 4.75. The van der Waals surface area contributed by atoms with Gasteiger partial charge in [-0.2, -0.15) is 0 Å². The highest BCUT2D eigenvalue weighted by molar-refractivity contribution is 6.48. The maximum atomic E-state index is 5.51. The van der Waals surface area contributed by atoms with E-state index in [1.165, 1.54) is 0 Å². The quantitative estimate of drug-likeness (QED) is 0.480. The van der Waals surface area contributed by atoms with E-state index in [1.54, 1.807) is 0 Å². The third-order valence-corrected chi connectivity index (χ3v) is 1.57. The van der Waals surface area contributed by atoms with Crippen molar-refractivity contribution < 1.29 is 9.16 Å². The van der Waals surface area contributed by atoms with Crippen LogP contribution in [0.3, 0.4) is 0 Å². The van der Waals surface area contributed by atoms with Crippen LogP contribution >= 0.6 is 0 Å². The fourth-order valence-corrected chi connectivity index (χ4v) is 1.23. The number of allylic oxidation sites excluding steroid dienone is 1. The van der Waals surface area contributed by atoms with Crippen molar-refractivity contribution in [2.24, 2.45) is 0 Å². The maximum absolute atomic E-state index is 5.51. The van der Waals surface area contributed by atoms with E-state index in [0.29, 0.717) is 12.6 Å². The predicted octanol–water partition coefficient (Wildman–Crippen LogP) is 2.54. The first-order valence-corrected chi connectivity index (χ1v) is 6.27. The zero-order chi connectivity index (χ0) is 8.85. The summed E-state index contributed by atoms with van der Waals surface area (Å²) in [4.78, 5) is 0. The Bertz CT molecular complexity index is 137. The first-order chi connectivity index (χ1) is 5.07. The molecule has 0 fully saturated rings. The molecule has 0 saturated heterocycles. The maximum Gasteiger partial charge on any atom is 0.278 e. The average molecular weight is 173 g/mol. The van der Waals surface area contributed by atoms with Gasteiger partial charge in [-0.3, -0.25) is 0 Å². The highest BCUT2D eigenvalue weighted by atomic mass is 28.3. The summed E-state index contributed by atoms with van der Waals surface area (Å²) in [6.45, 7) is 10.8. The van der Waals surface area contributed by atoms with Gasteiger partial charge in [-0.05, 0) is 33.9 Å². The molecule has 0 unspecified atom stereocenters. The Morgan fingerprint density at radius 3 is 2.09 bits per heavy atom. The number of hydrogen-bond donors (Lipinski definition) is 0. The predicted molar refractivity (Wildman–Crippen MR) is 48.6 cm³/mol. The summed E-state index contributed by atoms with van der Waals surface area (Å²) in [6, 6.07) is 0. The van der Waals surface area contributed by atoms with Gasteiger partial charge in [0.05, 0.1) is 6.61 Å². The van der Waals surface area contributed by atoms with Crippen LogP contribution in [0.25, 0.3) is 0 Å². The van der Waals surface area contributed by atoms with Crippen LogP contribution in [0, 0.1) is 0 Å². The molecule has 0 aliphatic carbocycles. The first-order valence-electron chi connectivity index (χ1n) is 3.86. The zero-order valence-electron chi connectivity index (χ0n) is 8.02. The molecule has 0 aliphatic heterocycles. The minimum Gasteiger partial charge on any atom is -0.518 e. The Morgan fingerprint density at radius 1 is 1.27 bits per heavy atom. The van der Waals surface area contributed by atoms with Crippen molar-refractivity contribution in [1.82, 2.24) is 0 Å². The smallest absolute Gasteiger partial charge is 0.278 e. The normalized spacial score (nSPS) is 9.64. The van der Waals surface area contributed by atoms with Crippen LogP contribution in [0.2, 0.25) is 13.1 Å². The second-order valence-electron chi connectivity index (χ2n) is 2.73. The third kappa shape index (κ3) is 4.90. The van der Waals surface area contributed by atoms with Gasteiger partial charge in [-0.25, -0.2) is 0 Å². The van der Waals surface area contributed by atoms with Crippen molar-refractivity contribution in [1.29, 1.82) is 0 Å². The Labute approximate surface area is 70.9 Å². The van der Waals surface area contributed by atoms with Crippen molar-refractivity contribution >= 4 is 9.04 Å². The number of ether oxygens (including phenoxy) is 1. The van der Waals surface area contributed by atoms with Gasteiger partial charge in [0.25, 0.3) is 15.0 Å². The van der Waals surface area contributed by atoms with Crippen molar-refractivity contribution in [3.05, 3.63) is 11.5 Å². The molecule has 0 heterocycles. The Balaban J connectivity index is 4.02. The molecule has 0 aromatic rings. The minimum atomic E-state index is -0.683. The SMILES string of the molecule is CCOC(O[Si](C)C)=C(C)C. The largest absolute Gasteiger partial charge is 0.518 e. The fraction of sp³-hybridized carbons (Fsp3) is 0.750. The van der Waals surface area contributed by atoms with Crippen molar-refractivity contribution in [3.63, 3.8) is 0 Å². The molecule has 11 heavy (non-hydrogen) atoms. The lowest BCUT2D eigenvalue weighted by atomic mass is 10.4. The van der Waals surface area contributed by atoms with E-state index in [9.17, 15) is 0 Å². The summed E-state index contributed by atoms with van der Waals surface area (Å²) < 4.78 is 10.8. The van der Waals surface area contributed by atoms with E-state index in [4.69, 9.17) is 9.16 Å². The van der Waals surface area contributed by atoms with Gasteiger partial charge in [0, 0.05) is 5.57 Å². The fourth-order valence-electron chi connectivity index (χ4n) is 0.592. The highest BCUT2D eigenvalue weighted by Crippen LogP contribution is 2.08. The third-order valence-electron chi connectivity index (χ3n) is 0.981. The van der Waals surface area contributed by atoms with E-state index in [-0.39, 0.29) is 0 Å². The molecule has 0 rings (SSSR count). The molecule has 0 aliphatic rings. The van der Waals surface area contributed by atoms with Crippen LogP contribution in [-0.4, -0.2) is 15.6 Å². The lowest BCUT2D eigenvalue weighted by Gasteiger charge is -2.14. The van der Waals surface area contributed by atoms with E-state index >= 15 is 0 Å². The zero-order valence-corrected chi connectivity index (χ0v) is 9.02. The van der Waals surface area contributed by atoms with Crippen LogP contribution in [0.15, 0.2) is 11.5 Å². The van der Waals surface area contributed by atoms with Gasteiger partial charge in [0.1, 0.15) is 0 Å². The molecule has 1 radical (unpaired) electrons. The molecule has 0 aromatic carbocycles. The molecule has 65 valence electrons. The Morgan fingerprint density at radius 2 is 1.82 bits per heavy atom. The number of rotatable bonds is 4. The van der Waals surface area contributed by atoms with E-state index in [2.05, 4.69) is 13.1 Å². The molecule has 2 nitrogen and oxygen atoms in total. The standard InChI is InChI=1S/C8H17O2Si/c1-6-9-8(7(2)3)10-11(4)5/h6H2,1-5H3. The summed E-state index contributed by atoms with van der Waals surface area (Å²) in [6.07, 6.45) is 0. The van der Waals surface area contributed by atoms with Crippen molar-refractivity contribution in [2.75, 3.05) is 6.61 Å². The molecular formula is C8H17O2Si. The van der Waals surface area contributed by atoms with E-state index in [0.717, 1.165) is 5.57 Å². The Hall–Kier alpha value is -0.443. The summed E-state index contributed by atoms with van der Waals surface area (Å²) in [5.41, 5.74) is 1.11. The van der Waals surface area contributed by atoms with Gasteiger partial charge in [-0.15, -0.1) is 0 Å². The summed E-state index contributed by atoms with van der Waals surface area (Å²) in [5, 5.41) is 0. The molecule has 0 bridgehead atoms. The van der Waals surface area contributed by atoms with Gasteiger partial charge >= 0.3 is 0 Å². The molecule has 0 amide bonds. The first kappa shape index (κ1) is 10.6. The van der Waals surface area contributed by atoms with Gasteiger partial charge in [0.15, 0.2) is 0 Å². The molecule has 0 N–H and O–H groups in total. The lowest BCUT2D eigenvalue weighted by Crippen LogP contribution is -2.10. The summed E-state index contributed by atoms with van der Waals surface area (Å²) in [7, 11) is -0.683. The minimum absolute atomic E-state index is 0.676. The molecular weight excluding hydrogens is 156 g/mol. The topological polar surface area (TPSA) is 18.5 Å². The van der Waals surface area contributed by atoms with E-state index in [1.807, 2.05) is 20.8 Å². The number of hydrogen-bond acceptors (Lipinski definition) is 2. The molecule has 0 saturated carbocycles. The average Bonchev–Trinajstić information content (AvgIpc) is 1.86. The van der Waals surface area contributed by atoms with Gasteiger partial charge < -0.3 is 9.16 Å². The Kier molecular flexibility index (Phi) is 5.03. The van der Waals surface area contributed by atoms with Gasteiger partial charge in [0.2, 0.25) is 0 Å². The van der Waals surface area contributed by atoms with E-state index < -0.39 is 9.04 Å². The van der Waals surface area contributed by atoms with Crippen LogP contribution in [-0.2, 0) is 9.16 Å². The van der Waals surface area contributed by atoms with Crippen LogP contribution in [0.5, 0.6) is 0 Å². The molecule has 0 atom stereocenters.